The van der Waals surface area contributed by atoms with Gasteiger partial charge < -0.3 is 20.1 Å². The Bertz CT molecular complexity index is 1060. The minimum Gasteiger partial charge on any atom is -0.489 e. The van der Waals surface area contributed by atoms with Gasteiger partial charge in [-0.1, -0.05) is 31.2 Å². The molecule has 6 nitrogen and oxygen atoms in total. The fourth-order valence-electron chi connectivity index (χ4n) is 3.84. The van der Waals surface area contributed by atoms with Crippen LogP contribution in [0.25, 0.3) is 0 Å². The highest BCUT2D eigenvalue weighted by Crippen LogP contribution is 2.26. The molecular weight excluding hydrogens is 409 g/mol. The predicted octanol–water partition coefficient (Wildman–Crippen LogP) is 4.27. The summed E-state index contributed by atoms with van der Waals surface area (Å²) in [5.41, 5.74) is 3.90. The summed E-state index contributed by atoms with van der Waals surface area (Å²) in [6.45, 7) is 3.64. The van der Waals surface area contributed by atoms with Gasteiger partial charge in [0.2, 0.25) is 0 Å². The third-order valence-electron chi connectivity index (χ3n) is 5.40. The number of hydrogen-bond acceptors (Lipinski definition) is 5. The van der Waals surface area contributed by atoms with Crippen molar-refractivity contribution >= 4 is 12.2 Å². The van der Waals surface area contributed by atoms with Crippen molar-refractivity contribution in [2.45, 2.75) is 26.1 Å². The average molecular weight is 435 g/mol. The molecule has 0 saturated heterocycles. The van der Waals surface area contributed by atoms with E-state index in [9.17, 15) is 9.18 Å². The molecule has 0 spiro atoms. The number of carbonyl (C=O) groups is 1. The van der Waals surface area contributed by atoms with E-state index in [4.69, 9.17) is 9.84 Å². The maximum absolute atomic E-state index is 13.3. The molecule has 0 aliphatic carbocycles. The SMILES string of the molecule is CC(CC(=O)O)CN1C=CC2=C(C=NC(c3ccc(OCc4cccc(F)c4)cc3)N2)C1. The Labute approximate surface area is 186 Å². The molecule has 2 aromatic carbocycles. The van der Waals surface area contributed by atoms with Crippen LogP contribution < -0.4 is 10.1 Å². The lowest BCUT2D eigenvalue weighted by Crippen LogP contribution is -2.34. The second-order valence-electron chi connectivity index (χ2n) is 8.20. The minimum atomic E-state index is -0.771. The molecule has 0 bridgehead atoms. The van der Waals surface area contributed by atoms with E-state index in [1.807, 2.05) is 55.7 Å². The summed E-state index contributed by atoms with van der Waals surface area (Å²) < 4.78 is 19.0. The van der Waals surface area contributed by atoms with Crippen molar-refractivity contribution in [3.05, 3.63) is 89.0 Å². The Morgan fingerprint density at radius 1 is 1.31 bits per heavy atom. The molecule has 32 heavy (non-hydrogen) atoms. The Morgan fingerprint density at radius 2 is 2.12 bits per heavy atom. The van der Waals surface area contributed by atoms with Crippen molar-refractivity contribution in [3.8, 4) is 5.75 Å². The van der Waals surface area contributed by atoms with Crippen molar-refractivity contribution in [1.29, 1.82) is 0 Å². The van der Waals surface area contributed by atoms with Gasteiger partial charge in [-0.2, -0.15) is 0 Å². The first kappa shape index (κ1) is 21.6. The lowest BCUT2D eigenvalue weighted by Gasteiger charge is -2.32. The van der Waals surface area contributed by atoms with E-state index in [0.29, 0.717) is 25.4 Å². The second-order valence-corrected chi connectivity index (χ2v) is 8.20. The zero-order valence-corrected chi connectivity index (χ0v) is 17.9. The first-order valence-electron chi connectivity index (χ1n) is 10.6. The summed E-state index contributed by atoms with van der Waals surface area (Å²) >= 11 is 0. The fourth-order valence-corrected chi connectivity index (χ4v) is 3.84. The molecule has 2 heterocycles. The molecule has 0 fully saturated rings. The topological polar surface area (TPSA) is 74.2 Å². The van der Waals surface area contributed by atoms with Gasteiger partial charge in [0, 0.05) is 43.2 Å². The van der Waals surface area contributed by atoms with Gasteiger partial charge in [0.1, 0.15) is 24.3 Å². The number of carboxylic acids is 1. The van der Waals surface area contributed by atoms with Crippen LogP contribution >= 0.6 is 0 Å². The van der Waals surface area contributed by atoms with Crippen LogP contribution in [0.1, 0.15) is 30.6 Å². The Kier molecular flexibility index (Phi) is 6.54. The van der Waals surface area contributed by atoms with Crippen LogP contribution in [0.3, 0.4) is 0 Å². The molecule has 2 unspecified atom stereocenters. The van der Waals surface area contributed by atoms with Crippen molar-refractivity contribution in [1.82, 2.24) is 10.2 Å². The van der Waals surface area contributed by atoms with Crippen molar-refractivity contribution in [2.75, 3.05) is 13.1 Å². The van der Waals surface area contributed by atoms with E-state index in [2.05, 4.69) is 15.2 Å². The van der Waals surface area contributed by atoms with Crippen LogP contribution in [-0.4, -0.2) is 35.3 Å². The number of aliphatic imine (C=N–C) groups is 1. The largest absolute Gasteiger partial charge is 0.489 e. The molecule has 0 radical (unpaired) electrons. The maximum Gasteiger partial charge on any atom is 0.303 e. The monoisotopic (exact) mass is 435 g/mol. The van der Waals surface area contributed by atoms with Gasteiger partial charge in [-0.15, -0.1) is 0 Å². The number of nitrogens with one attached hydrogen (secondary N) is 1. The zero-order chi connectivity index (χ0) is 22.5. The molecule has 0 aromatic heterocycles. The average Bonchev–Trinajstić information content (AvgIpc) is 2.77. The Morgan fingerprint density at radius 3 is 2.88 bits per heavy atom. The van der Waals surface area contributed by atoms with E-state index < -0.39 is 5.97 Å². The number of allylic oxidation sites excluding steroid dienone is 1. The highest BCUT2D eigenvalue weighted by Gasteiger charge is 2.21. The molecule has 2 aromatic rings. The van der Waals surface area contributed by atoms with Crippen LogP contribution in [0.2, 0.25) is 0 Å². The van der Waals surface area contributed by atoms with Crippen LogP contribution in [-0.2, 0) is 11.4 Å². The summed E-state index contributed by atoms with van der Waals surface area (Å²) in [6, 6.07) is 14.1. The van der Waals surface area contributed by atoms with E-state index in [1.165, 1.54) is 12.1 Å². The van der Waals surface area contributed by atoms with Crippen LogP contribution in [0.4, 0.5) is 4.39 Å². The number of carboxylic acid groups (broad SMARTS) is 1. The molecule has 2 aliphatic heterocycles. The number of ether oxygens (including phenoxy) is 1. The van der Waals surface area contributed by atoms with E-state index in [1.54, 1.807) is 6.07 Å². The first-order valence-corrected chi connectivity index (χ1v) is 10.6. The summed E-state index contributed by atoms with van der Waals surface area (Å²) in [7, 11) is 0. The lowest BCUT2D eigenvalue weighted by atomic mass is 10.0. The molecule has 4 rings (SSSR count). The standard InChI is InChI=1S/C25H26FN3O3/c1-17(11-24(30)31)14-29-10-9-23-20(15-29)13-27-25(28-23)19-5-7-22(8-6-19)32-16-18-3-2-4-21(26)12-18/h2-10,12-13,17,25,28H,11,14-16H2,1H3,(H,30,31). The number of halogens is 1. The predicted molar refractivity (Wildman–Crippen MR) is 121 cm³/mol. The quantitative estimate of drug-likeness (QED) is 0.648. The summed E-state index contributed by atoms with van der Waals surface area (Å²) in [4.78, 5) is 17.7. The van der Waals surface area contributed by atoms with Gasteiger partial charge in [-0.25, -0.2) is 4.39 Å². The maximum atomic E-state index is 13.3. The van der Waals surface area contributed by atoms with Crippen molar-refractivity contribution in [3.63, 3.8) is 0 Å². The summed E-state index contributed by atoms with van der Waals surface area (Å²) in [6.07, 6.45) is 5.88. The van der Waals surface area contributed by atoms with Gasteiger partial charge in [0.05, 0.1) is 0 Å². The van der Waals surface area contributed by atoms with E-state index in [0.717, 1.165) is 22.4 Å². The molecule has 0 amide bonds. The van der Waals surface area contributed by atoms with Gasteiger partial charge in [-0.3, -0.25) is 9.79 Å². The smallest absolute Gasteiger partial charge is 0.303 e. The third kappa shape index (κ3) is 5.55. The minimum absolute atomic E-state index is 0.0715. The van der Waals surface area contributed by atoms with Crippen molar-refractivity contribution in [2.24, 2.45) is 10.9 Å². The molecule has 2 N–H and O–H groups in total. The number of nitrogens with zero attached hydrogens (tertiary/aromatic N) is 2. The van der Waals surface area contributed by atoms with Crippen LogP contribution in [0.5, 0.6) is 5.75 Å². The molecule has 2 atom stereocenters. The molecule has 7 heteroatoms. The number of benzene rings is 2. The highest BCUT2D eigenvalue weighted by molar-refractivity contribution is 5.82. The van der Waals surface area contributed by atoms with Gasteiger partial charge in [-0.05, 0) is 47.4 Å². The third-order valence-corrected chi connectivity index (χ3v) is 5.40. The van der Waals surface area contributed by atoms with Crippen LogP contribution in [0.15, 0.2) is 77.1 Å². The van der Waals surface area contributed by atoms with E-state index >= 15 is 0 Å². The summed E-state index contributed by atoms with van der Waals surface area (Å²) in [5, 5.41) is 12.4. The van der Waals surface area contributed by atoms with Gasteiger partial charge in [0.15, 0.2) is 0 Å². The Balaban J connectivity index is 1.31. The summed E-state index contributed by atoms with van der Waals surface area (Å²) in [5.74, 6) is -0.262. The molecule has 0 saturated carbocycles. The first-order chi connectivity index (χ1) is 15.5. The number of rotatable bonds is 8. The van der Waals surface area contributed by atoms with E-state index in [-0.39, 0.29) is 24.3 Å². The molecule has 166 valence electrons. The lowest BCUT2D eigenvalue weighted by molar-refractivity contribution is -0.138. The van der Waals surface area contributed by atoms with Gasteiger partial charge in [0.25, 0.3) is 0 Å². The zero-order valence-electron chi connectivity index (χ0n) is 17.9. The number of aliphatic carboxylic acids is 1. The van der Waals surface area contributed by atoms with Crippen LogP contribution in [0, 0.1) is 11.7 Å². The number of hydrogen-bond donors (Lipinski definition) is 2. The fraction of sp³-hybridized carbons (Fsp3) is 0.280. The van der Waals surface area contributed by atoms with Crippen molar-refractivity contribution < 1.29 is 19.0 Å². The second kappa shape index (κ2) is 9.68. The molecule has 2 aliphatic rings. The highest BCUT2D eigenvalue weighted by atomic mass is 19.1. The normalized spacial score (nSPS) is 18.2. The Hall–Kier alpha value is -3.61. The molecular formula is C25H26FN3O3. The van der Waals surface area contributed by atoms with Gasteiger partial charge >= 0.3 is 5.97 Å².